The number of rotatable bonds is 8. The number of benzene rings is 2. The van der Waals surface area contributed by atoms with E-state index in [0.29, 0.717) is 0 Å². The fourth-order valence-corrected chi connectivity index (χ4v) is 3.65. The highest BCUT2D eigenvalue weighted by Gasteiger charge is 2.32. The smallest absolute Gasteiger partial charge is 0.408 e. The summed E-state index contributed by atoms with van der Waals surface area (Å²) in [5.41, 5.74) is 3.09. The Morgan fingerprint density at radius 3 is 2.13 bits per heavy atom. The maximum absolute atomic E-state index is 12.4. The molecule has 1 unspecified atom stereocenters. The number of aliphatic carboxylic acids is 1. The largest absolute Gasteiger partial charge is 0.481 e. The van der Waals surface area contributed by atoms with E-state index in [1.165, 1.54) is 13.8 Å². The van der Waals surface area contributed by atoms with Crippen LogP contribution in [0.25, 0.3) is 11.1 Å². The summed E-state index contributed by atoms with van der Waals surface area (Å²) in [7, 11) is 0. The van der Waals surface area contributed by atoms with Gasteiger partial charge in [-0.05, 0) is 36.1 Å². The Balaban J connectivity index is 1.57. The molecule has 164 valence electrons. The first-order chi connectivity index (χ1) is 14.7. The van der Waals surface area contributed by atoms with E-state index in [4.69, 9.17) is 9.84 Å². The zero-order valence-corrected chi connectivity index (χ0v) is 17.4. The van der Waals surface area contributed by atoms with Crippen LogP contribution < -0.4 is 10.6 Å². The molecule has 1 atom stereocenters. The molecule has 31 heavy (non-hydrogen) atoms. The number of nitrogens with one attached hydrogen (secondary N) is 2. The Morgan fingerprint density at radius 2 is 1.58 bits per heavy atom. The molecule has 0 fully saturated rings. The minimum Gasteiger partial charge on any atom is -0.481 e. The molecular formula is C23H26N2O6. The molecule has 0 aliphatic heterocycles. The van der Waals surface area contributed by atoms with Crippen LogP contribution in [0, 0.1) is 0 Å². The van der Waals surface area contributed by atoms with Crippen LogP contribution in [0.5, 0.6) is 0 Å². The fraction of sp³-hybridized carbons (Fsp3) is 0.348. The van der Waals surface area contributed by atoms with E-state index in [-0.39, 0.29) is 19.1 Å². The molecular weight excluding hydrogens is 400 g/mol. The van der Waals surface area contributed by atoms with Crippen LogP contribution in [0.1, 0.15) is 37.3 Å². The van der Waals surface area contributed by atoms with Crippen LogP contribution in [0.15, 0.2) is 48.5 Å². The number of hydrogen-bond donors (Lipinski definition) is 4. The van der Waals surface area contributed by atoms with Gasteiger partial charge in [-0.2, -0.15) is 0 Å². The molecule has 3 rings (SSSR count). The van der Waals surface area contributed by atoms with Crippen molar-refractivity contribution in [3.8, 4) is 11.1 Å². The van der Waals surface area contributed by atoms with Crippen molar-refractivity contribution >= 4 is 18.0 Å². The maximum Gasteiger partial charge on any atom is 0.408 e. The van der Waals surface area contributed by atoms with E-state index < -0.39 is 36.0 Å². The van der Waals surface area contributed by atoms with Crippen LogP contribution >= 0.6 is 0 Å². The van der Waals surface area contributed by atoms with Crippen LogP contribution in [-0.2, 0) is 14.3 Å². The summed E-state index contributed by atoms with van der Waals surface area (Å²) in [6.45, 7) is 2.87. The monoisotopic (exact) mass is 426 g/mol. The van der Waals surface area contributed by atoms with Gasteiger partial charge < -0.3 is 25.6 Å². The summed E-state index contributed by atoms with van der Waals surface area (Å²) < 4.78 is 5.45. The molecule has 1 aliphatic carbocycles. The number of amides is 2. The molecule has 2 aromatic rings. The predicted octanol–water partition coefficient (Wildman–Crippen LogP) is 2.26. The van der Waals surface area contributed by atoms with Crippen molar-refractivity contribution in [3.05, 3.63) is 59.7 Å². The number of aliphatic hydroxyl groups is 1. The van der Waals surface area contributed by atoms with Crippen molar-refractivity contribution in [1.82, 2.24) is 10.6 Å². The molecule has 0 saturated carbocycles. The molecule has 8 heteroatoms. The summed E-state index contributed by atoms with van der Waals surface area (Å²) in [6.07, 6.45) is -2.44. The third-order valence-corrected chi connectivity index (χ3v) is 5.23. The number of alkyl carbamates (subject to hydrolysis) is 1. The number of fused-ring (bicyclic) bond motifs is 3. The highest BCUT2D eigenvalue weighted by atomic mass is 16.5. The molecule has 1 aliphatic rings. The Bertz CT molecular complexity index is 942. The lowest BCUT2D eigenvalue weighted by atomic mass is 9.98. The fourth-order valence-electron chi connectivity index (χ4n) is 3.65. The number of carboxylic acid groups (broad SMARTS) is 1. The van der Waals surface area contributed by atoms with Gasteiger partial charge in [0, 0.05) is 12.5 Å². The second-order valence-electron chi connectivity index (χ2n) is 8.04. The van der Waals surface area contributed by atoms with Crippen molar-refractivity contribution in [2.24, 2.45) is 0 Å². The Kier molecular flexibility index (Phi) is 6.60. The molecule has 0 aromatic heterocycles. The molecule has 2 aromatic carbocycles. The van der Waals surface area contributed by atoms with Crippen molar-refractivity contribution in [2.75, 3.05) is 13.2 Å². The first-order valence-corrected chi connectivity index (χ1v) is 10.0. The second kappa shape index (κ2) is 9.18. The van der Waals surface area contributed by atoms with E-state index in [9.17, 15) is 19.5 Å². The summed E-state index contributed by atoms with van der Waals surface area (Å²) in [4.78, 5) is 35.3. The predicted molar refractivity (Wildman–Crippen MR) is 114 cm³/mol. The van der Waals surface area contributed by atoms with Crippen LogP contribution in [0.2, 0.25) is 0 Å². The summed E-state index contributed by atoms with van der Waals surface area (Å²) in [5.74, 6) is -1.83. The second-order valence-corrected chi connectivity index (χ2v) is 8.04. The number of carbonyl (C=O) groups is 3. The molecule has 0 radical (unpaired) electrons. The Labute approximate surface area is 180 Å². The highest BCUT2D eigenvalue weighted by molar-refractivity contribution is 5.89. The standard InChI is InChI=1S/C23H26N2O6/c1-23(2,21(29)24-12-14(26)11-20(27)28)25-22(30)31-13-19-17-9-5-3-7-15(17)16-8-4-6-10-18(16)19/h3-10,14,19,26H,11-13H2,1-2H3,(H,24,29)(H,25,30)(H,27,28). The van der Waals surface area contributed by atoms with Gasteiger partial charge in [0.1, 0.15) is 12.1 Å². The number of hydrogen-bond acceptors (Lipinski definition) is 5. The van der Waals surface area contributed by atoms with Gasteiger partial charge in [-0.25, -0.2) is 4.79 Å². The summed E-state index contributed by atoms with van der Waals surface area (Å²) in [5, 5.41) is 23.2. The average molecular weight is 426 g/mol. The normalized spacial score (nSPS) is 13.6. The van der Waals surface area contributed by atoms with Gasteiger partial charge in [-0.1, -0.05) is 48.5 Å². The van der Waals surface area contributed by atoms with Gasteiger partial charge in [-0.15, -0.1) is 0 Å². The van der Waals surface area contributed by atoms with E-state index in [1.54, 1.807) is 0 Å². The Morgan fingerprint density at radius 1 is 1.03 bits per heavy atom. The van der Waals surface area contributed by atoms with Gasteiger partial charge in [0.05, 0.1) is 12.5 Å². The van der Waals surface area contributed by atoms with Gasteiger partial charge >= 0.3 is 12.1 Å². The molecule has 8 nitrogen and oxygen atoms in total. The molecule has 2 amide bonds. The van der Waals surface area contributed by atoms with E-state index in [0.717, 1.165) is 22.3 Å². The zero-order valence-electron chi connectivity index (χ0n) is 17.4. The van der Waals surface area contributed by atoms with Crippen molar-refractivity contribution < 1.29 is 29.3 Å². The van der Waals surface area contributed by atoms with Gasteiger partial charge in [-0.3, -0.25) is 9.59 Å². The number of carbonyl (C=O) groups excluding carboxylic acids is 2. The van der Waals surface area contributed by atoms with Crippen LogP contribution in [0.3, 0.4) is 0 Å². The zero-order chi connectivity index (χ0) is 22.6. The lowest BCUT2D eigenvalue weighted by Crippen LogP contribution is -2.55. The number of aliphatic hydroxyl groups excluding tert-OH is 1. The van der Waals surface area contributed by atoms with E-state index >= 15 is 0 Å². The molecule has 4 N–H and O–H groups in total. The number of ether oxygens (including phenoxy) is 1. The lowest BCUT2D eigenvalue weighted by Gasteiger charge is -2.25. The first kappa shape index (κ1) is 22.3. The summed E-state index contributed by atoms with van der Waals surface area (Å²) in [6, 6.07) is 16.0. The van der Waals surface area contributed by atoms with Crippen LogP contribution in [0.4, 0.5) is 4.79 Å². The molecule has 0 spiro atoms. The van der Waals surface area contributed by atoms with Gasteiger partial charge in [0.25, 0.3) is 0 Å². The van der Waals surface area contributed by atoms with Crippen molar-refractivity contribution in [2.45, 2.75) is 37.8 Å². The summed E-state index contributed by atoms with van der Waals surface area (Å²) >= 11 is 0. The minimum absolute atomic E-state index is 0.0961. The first-order valence-electron chi connectivity index (χ1n) is 10.0. The van der Waals surface area contributed by atoms with Gasteiger partial charge in [0.2, 0.25) is 5.91 Å². The highest BCUT2D eigenvalue weighted by Crippen LogP contribution is 2.44. The Hall–Kier alpha value is -3.39. The van der Waals surface area contributed by atoms with Crippen LogP contribution in [-0.4, -0.2) is 53.0 Å². The van der Waals surface area contributed by atoms with Gasteiger partial charge in [0.15, 0.2) is 0 Å². The minimum atomic E-state index is -1.31. The lowest BCUT2D eigenvalue weighted by molar-refractivity contribution is -0.139. The van der Waals surface area contributed by atoms with E-state index in [2.05, 4.69) is 10.6 Å². The van der Waals surface area contributed by atoms with Crippen molar-refractivity contribution in [1.29, 1.82) is 0 Å². The average Bonchev–Trinajstić information content (AvgIpc) is 3.03. The SMILES string of the molecule is CC(C)(NC(=O)OCC1c2ccccc2-c2ccccc21)C(=O)NCC(O)CC(=O)O. The number of carboxylic acids is 1. The van der Waals surface area contributed by atoms with Crippen molar-refractivity contribution in [3.63, 3.8) is 0 Å². The molecule has 0 saturated heterocycles. The third kappa shape index (κ3) is 5.21. The quantitative estimate of drug-likeness (QED) is 0.513. The molecule has 0 bridgehead atoms. The van der Waals surface area contributed by atoms with E-state index in [1.807, 2.05) is 48.5 Å². The molecule has 0 heterocycles. The third-order valence-electron chi connectivity index (χ3n) is 5.23. The maximum atomic E-state index is 12.4. The topological polar surface area (TPSA) is 125 Å².